The minimum absolute atomic E-state index is 0.165. The van der Waals surface area contributed by atoms with E-state index in [9.17, 15) is 4.79 Å². The topological polar surface area (TPSA) is 68.6 Å². The molecule has 0 radical (unpaired) electrons. The van der Waals surface area contributed by atoms with E-state index >= 15 is 0 Å². The Labute approximate surface area is 107 Å². The maximum absolute atomic E-state index is 11.6. The highest BCUT2D eigenvalue weighted by Crippen LogP contribution is 2.35. The molecule has 19 heavy (non-hydrogen) atoms. The van der Waals surface area contributed by atoms with Gasteiger partial charge in [-0.2, -0.15) is 5.10 Å². The summed E-state index contributed by atoms with van der Waals surface area (Å²) in [7, 11) is 0. The van der Waals surface area contributed by atoms with Gasteiger partial charge in [-0.05, 0) is 24.3 Å². The molecule has 0 aliphatic carbocycles. The summed E-state index contributed by atoms with van der Waals surface area (Å²) in [5.41, 5.74) is 1.94. The van der Waals surface area contributed by atoms with Gasteiger partial charge in [0.1, 0.15) is 5.52 Å². The summed E-state index contributed by atoms with van der Waals surface area (Å²) >= 11 is 0. The number of rotatable bonds is 1. The van der Waals surface area contributed by atoms with E-state index in [0.29, 0.717) is 11.3 Å². The van der Waals surface area contributed by atoms with Crippen molar-refractivity contribution >= 4 is 5.52 Å². The minimum atomic E-state index is -0.165. The zero-order chi connectivity index (χ0) is 12.8. The summed E-state index contributed by atoms with van der Waals surface area (Å²) in [6, 6.07) is 7.34. The molecule has 94 valence electrons. The van der Waals surface area contributed by atoms with Gasteiger partial charge >= 0.3 is 0 Å². The number of H-pyrrole nitrogens is 1. The third-order valence-electron chi connectivity index (χ3n) is 3.07. The molecule has 0 bridgehead atoms. The van der Waals surface area contributed by atoms with E-state index in [2.05, 4.69) is 10.1 Å². The Morgan fingerprint density at radius 2 is 2.11 bits per heavy atom. The van der Waals surface area contributed by atoms with E-state index < -0.39 is 0 Å². The number of nitrogens with zero attached hydrogens (tertiary/aromatic N) is 2. The number of aromatic amines is 1. The average molecular weight is 255 g/mol. The first-order valence-electron chi connectivity index (χ1n) is 5.78. The smallest absolute Gasteiger partial charge is 0.273 e. The second-order valence-corrected chi connectivity index (χ2v) is 4.22. The lowest BCUT2D eigenvalue weighted by Crippen LogP contribution is -2.07. The fourth-order valence-electron chi connectivity index (χ4n) is 2.13. The predicted octanol–water partition coefficient (Wildman–Crippen LogP) is 1.42. The maximum atomic E-state index is 11.6. The number of benzene rings is 1. The van der Waals surface area contributed by atoms with Gasteiger partial charge in [0.25, 0.3) is 5.56 Å². The van der Waals surface area contributed by atoms with E-state index in [1.807, 2.05) is 18.2 Å². The Balaban J connectivity index is 1.90. The Morgan fingerprint density at radius 1 is 1.21 bits per heavy atom. The van der Waals surface area contributed by atoms with Crippen LogP contribution in [-0.2, 0) is 0 Å². The quantitative estimate of drug-likeness (QED) is 0.714. The zero-order valence-electron chi connectivity index (χ0n) is 9.79. The molecule has 1 N–H and O–H groups in total. The van der Waals surface area contributed by atoms with Gasteiger partial charge in [0, 0.05) is 18.0 Å². The largest absolute Gasteiger partial charge is 0.454 e. The average Bonchev–Trinajstić information content (AvgIpc) is 3.04. The second-order valence-electron chi connectivity index (χ2n) is 4.22. The number of ether oxygens (including phenoxy) is 2. The van der Waals surface area contributed by atoms with Crippen molar-refractivity contribution in [2.75, 3.05) is 6.79 Å². The van der Waals surface area contributed by atoms with Gasteiger partial charge in [-0.15, -0.1) is 0 Å². The minimum Gasteiger partial charge on any atom is -0.454 e. The van der Waals surface area contributed by atoms with Crippen LogP contribution in [0, 0.1) is 0 Å². The molecule has 6 nitrogen and oxygen atoms in total. The van der Waals surface area contributed by atoms with Crippen molar-refractivity contribution < 1.29 is 9.47 Å². The van der Waals surface area contributed by atoms with Crippen LogP contribution in [0.2, 0.25) is 0 Å². The van der Waals surface area contributed by atoms with E-state index in [1.165, 1.54) is 0 Å². The zero-order valence-corrected chi connectivity index (χ0v) is 9.79. The van der Waals surface area contributed by atoms with Gasteiger partial charge in [0.15, 0.2) is 11.5 Å². The monoisotopic (exact) mass is 255 g/mol. The van der Waals surface area contributed by atoms with Gasteiger partial charge in [-0.3, -0.25) is 4.79 Å². The van der Waals surface area contributed by atoms with E-state index in [0.717, 1.165) is 17.0 Å². The van der Waals surface area contributed by atoms with E-state index in [4.69, 9.17) is 9.47 Å². The molecule has 0 amide bonds. The molecular weight excluding hydrogens is 246 g/mol. The van der Waals surface area contributed by atoms with Crippen molar-refractivity contribution in [3.63, 3.8) is 0 Å². The van der Waals surface area contributed by atoms with Crippen molar-refractivity contribution in [2.24, 2.45) is 0 Å². The molecule has 0 atom stereocenters. The summed E-state index contributed by atoms with van der Waals surface area (Å²) in [6.45, 7) is 0.240. The van der Waals surface area contributed by atoms with Gasteiger partial charge < -0.3 is 14.5 Å². The fourth-order valence-corrected chi connectivity index (χ4v) is 2.13. The third kappa shape index (κ3) is 1.50. The normalized spacial score (nSPS) is 13.1. The van der Waals surface area contributed by atoms with Crippen molar-refractivity contribution in [3.05, 3.63) is 47.0 Å². The number of hydrogen-bond acceptors (Lipinski definition) is 4. The Morgan fingerprint density at radius 3 is 3.00 bits per heavy atom. The van der Waals surface area contributed by atoms with Crippen LogP contribution < -0.4 is 15.0 Å². The standard InChI is InChI=1S/C13H9N3O3/c17-13-10-6-9(15-16(10)4-3-14-13)8-1-2-11-12(5-8)19-7-18-11/h1-6H,7H2,(H,14,17). The molecule has 0 unspecified atom stereocenters. The Bertz CT molecular complexity index is 835. The van der Waals surface area contributed by atoms with E-state index in [1.54, 1.807) is 23.0 Å². The lowest BCUT2D eigenvalue weighted by atomic mass is 10.1. The molecule has 2 aromatic heterocycles. The molecule has 0 spiro atoms. The molecule has 4 rings (SSSR count). The first-order valence-corrected chi connectivity index (χ1v) is 5.78. The van der Waals surface area contributed by atoms with Crippen LogP contribution in [0.1, 0.15) is 0 Å². The van der Waals surface area contributed by atoms with Crippen LogP contribution in [0.25, 0.3) is 16.8 Å². The van der Waals surface area contributed by atoms with Crippen molar-refractivity contribution in [3.8, 4) is 22.8 Å². The molecule has 3 aromatic rings. The molecule has 3 heterocycles. The van der Waals surface area contributed by atoms with Crippen LogP contribution in [0.3, 0.4) is 0 Å². The number of aromatic nitrogens is 3. The van der Waals surface area contributed by atoms with Crippen molar-refractivity contribution in [2.45, 2.75) is 0 Å². The van der Waals surface area contributed by atoms with Crippen LogP contribution in [0.15, 0.2) is 41.5 Å². The molecule has 0 fully saturated rings. The Kier molecular flexibility index (Phi) is 1.94. The van der Waals surface area contributed by atoms with Crippen molar-refractivity contribution in [1.82, 2.24) is 14.6 Å². The van der Waals surface area contributed by atoms with Gasteiger partial charge in [-0.25, -0.2) is 4.52 Å². The first kappa shape index (κ1) is 10.2. The molecular formula is C13H9N3O3. The van der Waals surface area contributed by atoms with Crippen molar-refractivity contribution in [1.29, 1.82) is 0 Å². The molecule has 6 heteroatoms. The van der Waals surface area contributed by atoms with E-state index in [-0.39, 0.29) is 12.4 Å². The van der Waals surface area contributed by atoms with Crippen LogP contribution in [0.4, 0.5) is 0 Å². The van der Waals surface area contributed by atoms with Gasteiger partial charge in [0.05, 0.1) is 5.69 Å². The summed E-state index contributed by atoms with van der Waals surface area (Å²) in [4.78, 5) is 14.3. The lowest BCUT2D eigenvalue weighted by molar-refractivity contribution is 0.174. The summed E-state index contributed by atoms with van der Waals surface area (Å²) in [6.07, 6.45) is 3.26. The highest BCUT2D eigenvalue weighted by Gasteiger charge is 2.15. The maximum Gasteiger partial charge on any atom is 0.273 e. The number of hydrogen-bond donors (Lipinski definition) is 1. The molecule has 0 saturated carbocycles. The molecule has 1 aliphatic heterocycles. The highest BCUT2D eigenvalue weighted by atomic mass is 16.7. The second kappa shape index (κ2) is 3.61. The highest BCUT2D eigenvalue weighted by molar-refractivity contribution is 5.68. The van der Waals surface area contributed by atoms with Crippen LogP contribution in [-0.4, -0.2) is 21.4 Å². The van der Waals surface area contributed by atoms with Gasteiger partial charge in [0.2, 0.25) is 6.79 Å². The molecule has 0 saturated heterocycles. The predicted molar refractivity (Wildman–Crippen MR) is 67.4 cm³/mol. The van der Waals surface area contributed by atoms with Crippen LogP contribution in [0.5, 0.6) is 11.5 Å². The summed E-state index contributed by atoms with van der Waals surface area (Å²) in [5, 5.41) is 4.37. The van der Waals surface area contributed by atoms with Gasteiger partial charge in [-0.1, -0.05) is 0 Å². The number of fused-ring (bicyclic) bond motifs is 2. The number of nitrogens with one attached hydrogen (secondary N) is 1. The SMILES string of the molecule is O=c1[nH]ccn2nc(-c3ccc4c(c3)OCO4)cc12. The fraction of sp³-hybridized carbons (Fsp3) is 0.0769. The molecule has 1 aliphatic rings. The molecule has 1 aromatic carbocycles. The Hall–Kier alpha value is -2.76. The summed E-state index contributed by atoms with van der Waals surface area (Å²) in [5.74, 6) is 1.42. The first-order chi connectivity index (χ1) is 9.31. The lowest BCUT2D eigenvalue weighted by Gasteiger charge is -1.98. The van der Waals surface area contributed by atoms with Crippen LogP contribution >= 0.6 is 0 Å². The third-order valence-corrected chi connectivity index (χ3v) is 3.07. The summed E-state index contributed by atoms with van der Waals surface area (Å²) < 4.78 is 12.2.